The Balaban J connectivity index is 2.00. The summed E-state index contributed by atoms with van der Waals surface area (Å²) in [6.07, 6.45) is 3.21. The van der Waals surface area contributed by atoms with Gasteiger partial charge in [-0.15, -0.1) is 5.11 Å². The lowest BCUT2D eigenvalue weighted by Gasteiger charge is -1.97. The number of H-pyrrole nitrogens is 2. The second kappa shape index (κ2) is 5.49. The van der Waals surface area contributed by atoms with Crippen LogP contribution < -0.4 is 5.56 Å². The van der Waals surface area contributed by atoms with Gasteiger partial charge < -0.3 is 0 Å². The van der Waals surface area contributed by atoms with Crippen molar-refractivity contribution in [2.75, 3.05) is 0 Å². The molecule has 0 bridgehead atoms. The zero-order chi connectivity index (χ0) is 14.7. The first kappa shape index (κ1) is 12.9. The van der Waals surface area contributed by atoms with Crippen LogP contribution in [0.5, 0.6) is 0 Å². The molecule has 0 amide bonds. The molecular weight excluding hydrogens is 273 g/mol. The average molecular weight is 283 g/mol. The topological polar surface area (TPSA) is 86.3 Å². The highest BCUT2D eigenvalue weighted by Crippen LogP contribution is 2.25. The third-order valence-corrected chi connectivity index (χ3v) is 2.80. The van der Waals surface area contributed by atoms with Crippen molar-refractivity contribution in [2.24, 2.45) is 10.2 Å². The second-order valence-electron chi connectivity index (χ2n) is 4.22. The van der Waals surface area contributed by atoms with Gasteiger partial charge in [0, 0.05) is 24.0 Å². The second-order valence-corrected chi connectivity index (χ2v) is 4.22. The zero-order valence-electron chi connectivity index (χ0n) is 10.7. The summed E-state index contributed by atoms with van der Waals surface area (Å²) in [6, 6.07) is 9.13. The number of aromatic nitrogens is 3. The molecule has 21 heavy (non-hydrogen) atoms. The molecule has 0 radical (unpaired) electrons. The van der Waals surface area contributed by atoms with Crippen LogP contribution in [0.15, 0.2) is 63.8 Å². The third kappa shape index (κ3) is 2.76. The van der Waals surface area contributed by atoms with Crippen LogP contribution in [0, 0.1) is 5.82 Å². The Morgan fingerprint density at radius 3 is 2.62 bits per heavy atom. The molecule has 0 atom stereocenters. The van der Waals surface area contributed by atoms with Gasteiger partial charge in [-0.05, 0) is 24.3 Å². The van der Waals surface area contributed by atoms with E-state index in [0.29, 0.717) is 11.4 Å². The standard InChI is InChI=1S/C14H10FN5O/c15-10-2-1-3-11(8-10)17-19-13-12(18-20-14(13)21)9-4-6-16-7-5-9/h1-8H,(H2,18,20,21). The number of halogens is 1. The first-order valence-corrected chi connectivity index (χ1v) is 6.12. The van der Waals surface area contributed by atoms with E-state index in [4.69, 9.17) is 0 Å². The number of hydrogen-bond acceptors (Lipinski definition) is 4. The normalized spacial score (nSPS) is 11.1. The maximum Gasteiger partial charge on any atom is 0.292 e. The van der Waals surface area contributed by atoms with Gasteiger partial charge in [-0.2, -0.15) is 5.11 Å². The maximum absolute atomic E-state index is 13.1. The van der Waals surface area contributed by atoms with Crippen molar-refractivity contribution >= 4 is 11.4 Å². The lowest BCUT2D eigenvalue weighted by molar-refractivity contribution is 0.628. The number of benzene rings is 1. The van der Waals surface area contributed by atoms with Crippen LogP contribution in [0.2, 0.25) is 0 Å². The molecule has 3 aromatic rings. The minimum absolute atomic E-state index is 0.130. The lowest BCUT2D eigenvalue weighted by atomic mass is 10.2. The highest BCUT2D eigenvalue weighted by atomic mass is 19.1. The van der Waals surface area contributed by atoms with Crippen LogP contribution in [0.1, 0.15) is 0 Å². The predicted octanol–water partition coefficient (Wildman–Crippen LogP) is 3.32. The Kier molecular flexibility index (Phi) is 3.38. The number of nitrogens with one attached hydrogen (secondary N) is 2. The van der Waals surface area contributed by atoms with E-state index in [-0.39, 0.29) is 5.69 Å². The first-order valence-electron chi connectivity index (χ1n) is 6.12. The van der Waals surface area contributed by atoms with Crippen molar-refractivity contribution in [1.29, 1.82) is 0 Å². The van der Waals surface area contributed by atoms with Crippen LogP contribution in [0.4, 0.5) is 15.8 Å². The summed E-state index contributed by atoms with van der Waals surface area (Å²) < 4.78 is 13.1. The van der Waals surface area contributed by atoms with E-state index < -0.39 is 11.4 Å². The summed E-state index contributed by atoms with van der Waals surface area (Å²) in [6.45, 7) is 0. The van der Waals surface area contributed by atoms with Crippen molar-refractivity contribution in [3.63, 3.8) is 0 Å². The van der Waals surface area contributed by atoms with E-state index in [1.165, 1.54) is 18.2 Å². The molecule has 0 spiro atoms. The Morgan fingerprint density at radius 1 is 1.05 bits per heavy atom. The summed E-state index contributed by atoms with van der Waals surface area (Å²) in [5.41, 5.74) is 1.31. The Bertz CT molecular complexity index is 838. The average Bonchev–Trinajstić information content (AvgIpc) is 2.87. The minimum Gasteiger partial charge on any atom is -0.295 e. The van der Waals surface area contributed by atoms with Crippen molar-refractivity contribution in [2.45, 2.75) is 0 Å². The van der Waals surface area contributed by atoms with E-state index in [9.17, 15) is 9.18 Å². The van der Waals surface area contributed by atoms with Crippen LogP contribution >= 0.6 is 0 Å². The highest BCUT2D eigenvalue weighted by molar-refractivity contribution is 5.70. The summed E-state index contributed by atoms with van der Waals surface area (Å²) in [4.78, 5) is 15.7. The molecule has 104 valence electrons. The number of pyridine rings is 1. The highest BCUT2D eigenvalue weighted by Gasteiger charge is 2.11. The molecule has 2 aromatic heterocycles. The summed E-state index contributed by atoms with van der Waals surface area (Å²) in [5.74, 6) is -0.413. The molecule has 0 saturated heterocycles. The molecule has 0 fully saturated rings. The van der Waals surface area contributed by atoms with Gasteiger partial charge in [-0.1, -0.05) is 6.07 Å². The molecule has 6 nitrogen and oxygen atoms in total. The predicted molar refractivity (Wildman–Crippen MR) is 75.2 cm³/mol. The molecule has 2 heterocycles. The molecule has 2 N–H and O–H groups in total. The van der Waals surface area contributed by atoms with E-state index in [1.54, 1.807) is 30.6 Å². The molecule has 0 aliphatic rings. The van der Waals surface area contributed by atoms with E-state index in [0.717, 1.165) is 5.56 Å². The van der Waals surface area contributed by atoms with Crippen molar-refractivity contribution < 1.29 is 4.39 Å². The van der Waals surface area contributed by atoms with Gasteiger partial charge in [0.25, 0.3) is 5.56 Å². The lowest BCUT2D eigenvalue weighted by Crippen LogP contribution is -1.96. The SMILES string of the molecule is O=c1[nH][nH]c(-c2ccncc2)c1N=Nc1cccc(F)c1. The molecule has 0 aliphatic carbocycles. The smallest absolute Gasteiger partial charge is 0.292 e. The van der Waals surface area contributed by atoms with Gasteiger partial charge in [0.2, 0.25) is 0 Å². The minimum atomic E-state index is -0.413. The van der Waals surface area contributed by atoms with E-state index in [1.807, 2.05) is 0 Å². The fourth-order valence-electron chi connectivity index (χ4n) is 1.82. The van der Waals surface area contributed by atoms with Crippen LogP contribution in [-0.4, -0.2) is 15.2 Å². The van der Waals surface area contributed by atoms with Crippen LogP contribution in [0.3, 0.4) is 0 Å². The molecule has 0 aliphatic heterocycles. The van der Waals surface area contributed by atoms with Gasteiger partial charge in [-0.3, -0.25) is 20.0 Å². The molecule has 1 aromatic carbocycles. The van der Waals surface area contributed by atoms with Crippen molar-refractivity contribution in [1.82, 2.24) is 15.2 Å². The molecule has 3 rings (SSSR count). The van der Waals surface area contributed by atoms with Crippen LogP contribution in [0.25, 0.3) is 11.3 Å². The molecule has 0 unspecified atom stereocenters. The Morgan fingerprint density at radius 2 is 1.86 bits per heavy atom. The first-order chi connectivity index (χ1) is 10.2. The Hall–Kier alpha value is -3.09. The van der Waals surface area contributed by atoms with E-state index >= 15 is 0 Å². The third-order valence-electron chi connectivity index (χ3n) is 2.80. The number of aromatic amines is 2. The van der Waals surface area contributed by atoms with Gasteiger partial charge in [0.15, 0.2) is 5.69 Å². The molecule has 7 heteroatoms. The number of azo groups is 1. The largest absolute Gasteiger partial charge is 0.295 e. The molecular formula is C14H10FN5O. The number of rotatable bonds is 3. The Labute approximate surface area is 118 Å². The van der Waals surface area contributed by atoms with Crippen LogP contribution in [-0.2, 0) is 0 Å². The van der Waals surface area contributed by atoms with Gasteiger partial charge in [-0.25, -0.2) is 4.39 Å². The fourth-order valence-corrected chi connectivity index (χ4v) is 1.82. The monoisotopic (exact) mass is 283 g/mol. The fraction of sp³-hybridized carbons (Fsp3) is 0. The maximum atomic E-state index is 13.1. The summed E-state index contributed by atoms with van der Waals surface area (Å²) in [7, 11) is 0. The molecule has 0 saturated carbocycles. The number of hydrogen-bond donors (Lipinski definition) is 2. The zero-order valence-corrected chi connectivity index (χ0v) is 10.7. The van der Waals surface area contributed by atoms with Gasteiger partial charge in [0.05, 0.1) is 11.4 Å². The van der Waals surface area contributed by atoms with Gasteiger partial charge in [0.1, 0.15) is 5.82 Å². The van der Waals surface area contributed by atoms with Crippen molar-refractivity contribution in [3.05, 3.63) is 65.0 Å². The quantitative estimate of drug-likeness (QED) is 0.722. The van der Waals surface area contributed by atoms with Crippen molar-refractivity contribution in [3.8, 4) is 11.3 Å². The van der Waals surface area contributed by atoms with Gasteiger partial charge >= 0.3 is 0 Å². The van der Waals surface area contributed by atoms with E-state index in [2.05, 4.69) is 25.4 Å². The summed E-state index contributed by atoms with van der Waals surface area (Å²) >= 11 is 0. The summed E-state index contributed by atoms with van der Waals surface area (Å²) in [5, 5.41) is 13.0. The number of nitrogens with zero attached hydrogens (tertiary/aromatic N) is 3.